The van der Waals surface area contributed by atoms with Gasteiger partial charge in [0.15, 0.2) is 5.78 Å². The van der Waals surface area contributed by atoms with E-state index in [4.69, 9.17) is 10.5 Å². The smallest absolute Gasteiger partial charge is 0.306 e. The summed E-state index contributed by atoms with van der Waals surface area (Å²) in [7, 11) is 0. The van der Waals surface area contributed by atoms with Crippen LogP contribution in [0.2, 0.25) is 0 Å². The highest BCUT2D eigenvalue weighted by Crippen LogP contribution is 2.33. The summed E-state index contributed by atoms with van der Waals surface area (Å²) in [6, 6.07) is 9.19. The van der Waals surface area contributed by atoms with Crippen molar-refractivity contribution in [2.45, 2.75) is 77.2 Å². The molecule has 3 N–H and O–H groups in total. The molecule has 6 nitrogen and oxygen atoms in total. The number of ether oxygens (including phenoxy) is 1. The molecule has 1 fully saturated rings. The van der Waals surface area contributed by atoms with E-state index in [1.807, 2.05) is 56.0 Å². The van der Waals surface area contributed by atoms with Crippen molar-refractivity contribution in [3.8, 4) is 0 Å². The van der Waals surface area contributed by atoms with Crippen LogP contribution in [0.5, 0.6) is 0 Å². The summed E-state index contributed by atoms with van der Waals surface area (Å²) in [5.74, 6) is -0.215. The zero-order chi connectivity index (χ0) is 20.8. The van der Waals surface area contributed by atoms with Crippen LogP contribution in [0.1, 0.15) is 58.9 Å². The number of nitrogens with zero attached hydrogens (tertiary/aromatic N) is 1. The van der Waals surface area contributed by atoms with Gasteiger partial charge in [0, 0.05) is 13.0 Å². The number of Topliss-reactive ketones (excluding diaryl/α,β-unsaturated/α-hetero) is 1. The molecule has 0 aromatic heterocycles. The Morgan fingerprint density at radius 1 is 1.32 bits per heavy atom. The van der Waals surface area contributed by atoms with Gasteiger partial charge in [0.05, 0.1) is 17.2 Å². The largest absolute Gasteiger partial charge is 0.461 e. The number of carbonyl (C=O) groups is 2. The number of nitrogens with one attached hydrogen (secondary N) is 1. The van der Waals surface area contributed by atoms with Gasteiger partial charge in [-0.1, -0.05) is 43.7 Å². The van der Waals surface area contributed by atoms with E-state index in [0.29, 0.717) is 13.0 Å². The molecule has 28 heavy (non-hydrogen) atoms. The molecule has 3 atom stereocenters. The number of hydrogen-bond donors (Lipinski definition) is 2. The molecule has 0 bridgehead atoms. The molecule has 0 radical (unpaired) electrons. The highest BCUT2D eigenvalue weighted by atomic mass is 16.5. The van der Waals surface area contributed by atoms with Crippen LogP contribution in [0.3, 0.4) is 0 Å². The number of unbranched alkanes of at least 4 members (excludes halogenated alkanes) is 1. The fourth-order valence-corrected chi connectivity index (χ4v) is 3.35. The molecule has 1 aromatic carbocycles. The summed E-state index contributed by atoms with van der Waals surface area (Å²) in [5.41, 5.74) is 6.00. The first-order valence-corrected chi connectivity index (χ1v) is 10.2. The fraction of sp³-hybridized carbons (Fsp3) is 0.636. The predicted molar refractivity (Wildman–Crippen MR) is 111 cm³/mol. The number of carbonyl (C=O) groups excluding carboxylic acids is 2. The van der Waals surface area contributed by atoms with E-state index in [-0.39, 0.29) is 30.8 Å². The lowest BCUT2D eigenvalue weighted by Crippen LogP contribution is -2.54. The third kappa shape index (κ3) is 6.40. The van der Waals surface area contributed by atoms with Gasteiger partial charge in [-0.05, 0) is 45.7 Å². The average Bonchev–Trinajstić information content (AvgIpc) is 3.28. The average molecular weight is 390 g/mol. The predicted octanol–water partition coefficient (Wildman–Crippen LogP) is 2.61. The van der Waals surface area contributed by atoms with Gasteiger partial charge in [0.2, 0.25) is 0 Å². The molecule has 2 rings (SSSR count). The molecule has 1 aromatic rings. The maximum Gasteiger partial charge on any atom is 0.306 e. The van der Waals surface area contributed by atoms with Crippen LogP contribution < -0.4 is 11.1 Å². The second-order valence-corrected chi connectivity index (χ2v) is 8.46. The van der Waals surface area contributed by atoms with E-state index in [1.54, 1.807) is 0 Å². The minimum atomic E-state index is -0.660. The second-order valence-electron chi connectivity index (χ2n) is 8.46. The fourth-order valence-electron chi connectivity index (χ4n) is 3.35. The standard InChI is InChI=1S/C22H35N3O3/c1-5-6-14-24-21(2,3)20(27)18(25-16-22(25,4)23)12-13-19(26)28-15-17-10-8-7-9-11-17/h7-11,18,24H,5-6,12-16,23H2,1-4H3. The van der Waals surface area contributed by atoms with Crippen molar-refractivity contribution >= 4 is 11.8 Å². The summed E-state index contributed by atoms with van der Waals surface area (Å²) in [5, 5.41) is 3.35. The summed E-state index contributed by atoms with van der Waals surface area (Å²) in [6.07, 6.45) is 2.70. The summed E-state index contributed by atoms with van der Waals surface area (Å²) >= 11 is 0. The Bertz CT molecular complexity index is 658. The van der Waals surface area contributed by atoms with Gasteiger partial charge < -0.3 is 15.8 Å². The van der Waals surface area contributed by atoms with Crippen molar-refractivity contribution in [2.24, 2.45) is 5.73 Å². The van der Waals surface area contributed by atoms with Crippen molar-refractivity contribution in [1.82, 2.24) is 10.2 Å². The third-order valence-corrected chi connectivity index (χ3v) is 5.30. The molecule has 0 saturated carbocycles. The molecule has 1 saturated heterocycles. The monoisotopic (exact) mass is 389 g/mol. The third-order valence-electron chi connectivity index (χ3n) is 5.30. The Hall–Kier alpha value is -1.76. The SMILES string of the molecule is CCCCNC(C)(C)C(=O)C(CCC(=O)OCc1ccccc1)N1CC1(C)N. The van der Waals surface area contributed by atoms with Gasteiger partial charge in [-0.3, -0.25) is 14.5 Å². The number of rotatable bonds is 12. The lowest BCUT2D eigenvalue weighted by Gasteiger charge is -2.31. The van der Waals surface area contributed by atoms with Gasteiger partial charge in [0.25, 0.3) is 0 Å². The maximum absolute atomic E-state index is 13.2. The lowest BCUT2D eigenvalue weighted by atomic mass is 9.90. The topological polar surface area (TPSA) is 84.4 Å². The molecule has 0 aliphatic carbocycles. The number of esters is 1. The van der Waals surface area contributed by atoms with Crippen molar-refractivity contribution in [2.75, 3.05) is 13.1 Å². The first kappa shape index (κ1) is 22.5. The summed E-state index contributed by atoms with van der Waals surface area (Å²) < 4.78 is 5.36. The second kappa shape index (κ2) is 9.63. The number of nitrogens with two attached hydrogens (primary N) is 1. The van der Waals surface area contributed by atoms with Crippen LogP contribution in [0.4, 0.5) is 0 Å². The molecule has 3 unspecified atom stereocenters. The van der Waals surface area contributed by atoms with Crippen molar-refractivity contribution in [1.29, 1.82) is 0 Å². The van der Waals surface area contributed by atoms with Crippen LogP contribution in [0.15, 0.2) is 30.3 Å². The highest BCUT2D eigenvalue weighted by molar-refractivity contribution is 5.93. The zero-order valence-corrected chi connectivity index (χ0v) is 17.7. The molecule has 1 aliphatic rings. The van der Waals surface area contributed by atoms with Crippen LogP contribution in [-0.4, -0.2) is 47.0 Å². The molecular weight excluding hydrogens is 354 g/mol. The summed E-state index contributed by atoms with van der Waals surface area (Å²) in [6.45, 7) is 9.55. The maximum atomic E-state index is 13.2. The number of benzene rings is 1. The first-order valence-electron chi connectivity index (χ1n) is 10.2. The van der Waals surface area contributed by atoms with Crippen molar-refractivity contribution in [3.05, 3.63) is 35.9 Å². The van der Waals surface area contributed by atoms with Gasteiger partial charge >= 0.3 is 5.97 Å². The Labute approximate surface area is 168 Å². The van der Waals surface area contributed by atoms with E-state index >= 15 is 0 Å². The Balaban J connectivity index is 1.92. The van der Waals surface area contributed by atoms with E-state index in [0.717, 1.165) is 24.9 Å². The molecule has 0 amide bonds. The number of ketones is 1. The molecular formula is C22H35N3O3. The lowest BCUT2D eigenvalue weighted by molar-refractivity contribution is -0.145. The van der Waals surface area contributed by atoms with E-state index in [1.165, 1.54) is 0 Å². The minimum absolute atomic E-state index is 0.0774. The quantitative estimate of drug-likeness (QED) is 0.325. The van der Waals surface area contributed by atoms with Gasteiger partial charge in [-0.25, -0.2) is 0 Å². The molecule has 1 heterocycles. The Morgan fingerprint density at radius 3 is 2.54 bits per heavy atom. The van der Waals surface area contributed by atoms with Crippen LogP contribution >= 0.6 is 0 Å². The van der Waals surface area contributed by atoms with E-state index < -0.39 is 11.2 Å². The van der Waals surface area contributed by atoms with E-state index in [2.05, 4.69) is 12.2 Å². The van der Waals surface area contributed by atoms with Crippen LogP contribution in [0, 0.1) is 0 Å². The van der Waals surface area contributed by atoms with E-state index in [9.17, 15) is 9.59 Å². The Morgan fingerprint density at radius 2 is 1.96 bits per heavy atom. The minimum Gasteiger partial charge on any atom is -0.461 e. The normalized spacial score (nSPS) is 22.5. The molecule has 6 heteroatoms. The van der Waals surface area contributed by atoms with Gasteiger partial charge in [-0.15, -0.1) is 0 Å². The molecule has 1 aliphatic heterocycles. The van der Waals surface area contributed by atoms with Crippen molar-refractivity contribution in [3.63, 3.8) is 0 Å². The van der Waals surface area contributed by atoms with Crippen LogP contribution in [-0.2, 0) is 20.9 Å². The van der Waals surface area contributed by atoms with Gasteiger partial charge in [-0.2, -0.15) is 0 Å². The highest BCUT2D eigenvalue weighted by Gasteiger charge is 2.52. The van der Waals surface area contributed by atoms with Crippen molar-refractivity contribution < 1.29 is 14.3 Å². The van der Waals surface area contributed by atoms with Crippen LogP contribution in [0.25, 0.3) is 0 Å². The molecule has 0 spiro atoms. The first-order chi connectivity index (χ1) is 13.2. The molecule has 156 valence electrons. The number of hydrogen-bond acceptors (Lipinski definition) is 6. The Kier molecular flexibility index (Phi) is 7.75. The zero-order valence-electron chi connectivity index (χ0n) is 17.7. The van der Waals surface area contributed by atoms with Gasteiger partial charge in [0.1, 0.15) is 6.61 Å². The summed E-state index contributed by atoms with van der Waals surface area (Å²) in [4.78, 5) is 27.4.